The summed E-state index contributed by atoms with van der Waals surface area (Å²) >= 11 is 0. The van der Waals surface area contributed by atoms with Crippen LogP contribution in [0.1, 0.15) is 31.2 Å². The minimum absolute atomic E-state index is 0.00931. The zero-order valence-electron chi connectivity index (χ0n) is 9.26. The van der Waals surface area contributed by atoms with Crippen molar-refractivity contribution in [2.45, 2.75) is 31.7 Å². The number of ether oxygens (including phenoxy) is 1. The zero-order valence-corrected chi connectivity index (χ0v) is 9.26. The standard InChI is InChI=1S/C12H15NO3/c1-2-11(13(14)15)9-7-8-16-12-6-4-3-5-10(9)12/h3-6,9,11H,2,7-8H2,1H3/t9-,11-/m0/s1. The number of nitro groups is 1. The van der Waals surface area contributed by atoms with Crippen LogP contribution < -0.4 is 4.74 Å². The number of nitrogens with zero attached hydrogens (tertiary/aromatic N) is 1. The van der Waals surface area contributed by atoms with Gasteiger partial charge in [-0.3, -0.25) is 10.1 Å². The Morgan fingerprint density at radius 2 is 2.31 bits per heavy atom. The van der Waals surface area contributed by atoms with E-state index in [-0.39, 0.29) is 10.8 Å². The van der Waals surface area contributed by atoms with Crippen LogP contribution in [0.25, 0.3) is 0 Å². The van der Waals surface area contributed by atoms with E-state index in [1.807, 2.05) is 31.2 Å². The van der Waals surface area contributed by atoms with Gasteiger partial charge in [-0.25, -0.2) is 0 Å². The third-order valence-electron chi connectivity index (χ3n) is 3.16. The van der Waals surface area contributed by atoms with Crippen LogP contribution in [-0.2, 0) is 0 Å². The smallest absolute Gasteiger partial charge is 0.219 e. The highest BCUT2D eigenvalue weighted by Gasteiger charge is 2.34. The summed E-state index contributed by atoms with van der Waals surface area (Å²) in [5, 5.41) is 11.0. The van der Waals surface area contributed by atoms with Crippen LogP contribution in [-0.4, -0.2) is 17.6 Å². The lowest BCUT2D eigenvalue weighted by molar-refractivity contribution is -0.527. The number of fused-ring (bicyclic) bond motifs is 1. The summed E-state index contributed by atoms with van der Waals surface area (Å²) in [5.41, 5.74) is 0.984. The molecule has 0 aromatic heterocycles. The monoisotopic (exact) mass is 221 g/mol. The Kier molecular flexibility index (Phi) is 3.08. The van der Waals surface area contributed by atoms with Crippen molar-refractivity contribution >= 4 is 0 Å². The zero-order chi connectivity index (χ0) is 11.5. The van der Waals surface area contributed by atoms with Crippen LogP contribution in [0, 0.1) is 10.1 Å². The van der Waals surface area contributed by atoms with Gasteiger partial charge in [0.2, 0.25) is 6.04 Å². The van der Waals surface area contributed by atoms with Crippen LogP contribution in [0.2, 0.25) is 0 Å². The molecule has 1 aromatic rings. The van der Waals surface area contributed by atoms with Gasteiger partial charge >= 0.3 is 0 Å². The Labute approximate surface area is 94.4 Å². The van der Waals surface area contributed by atoms with Crippen molar-refractivity contribution in [1.29, 1.82) is 0 Å². The van der Waals surface area contributed by atoms with Gasteiger partial charge < -0.3 is 4.74 Å². The predicted octanol–water partition coefficient (Wildman–Crippen LogP) is 2.61. The van der Waals surface area contributed by atoms with E-state index >= 15 is 0 Å². The number of para-hydroxylation sites is 1. The molecule has 2 rings (SSSR count). The van der Waals surface area contributed by atoms with E-state index in [0.717, 1.165) is 17.7 Å². The molecule has 0 N–H and O–H groups in total. The first-order valence-electron chi connectivity index (χ1n) is 5.59. The molecular weight excluding hydrogens is 206 g/mol. The molecular formula is C12H15NO3. The normalized spacial score (nSPS) is 20.7. The van der Waals surface area contributed by atoms with Crippen molar-refractivity contribution in [3.05, 3.63) is 39.9 Å². The lowest BCUT2D eigenvalue weighted by Gasteiger charge is -2.27. The van der Waals surface area contributed by atoms with E-state index in [1.165, 1.54) is 0 Å². The first-order chi connectivity index (χ1) is 7.74. The van der Waals surface area contributed by atoms with E-state index in [9.17, 15) is 10.1 Å². The summed E-state index contributed by atoms with van der Waals surface area (Å²) < 4.78 is 5.51. The fourth-order valence-corrected chi connectivity index (χ4v) is 2.35. The van der Waals surface area contributed by atoms with E-state index < -0.39 is 6.04 Å². The van der Waals surface area contributed by atoms with E-state index in [2.05, 4.69) is 0 Å². The number of rotatable bonds is 3. The summed E-state index contributed by atoms with van der Waals surface area (Å²) in [5.74, 6) is 0.795. The van der Waals surface area contributed by atoms with Crippen molar-refractivity contribution in [3.8, 4) is 5.75 Å². The molecule has 2 atom stereocenters. The summed E-state index contributed by atoms with van der Waals surface area (Å²) in [4.78, 5) is 10.8. The van der Waals surface area contributed by atoms with Crippen molar-refractivity contribution in [2.75, 3.05) is 6.61 Å². The molecule has 0 saturated heterocycles. The highest BCUT2D eigenvalue weighted by molar-refractivity contribution is 5.38. The average molecular weight is 221 g/mol. The lowest BCUT2D eigenvalue weighted by atomic mass is 9.86. The minimum Gasteiger partial charge on any atom is -0.493 e. The maximum absolute atomic E-state index is 11.0. The molecule has 4 nitrogen and oxygen atoms in total. The van der Waals surface area contributed by atoms with E-state index in [4.69, 9.17) is 4.74 Å². The van der Waals surface area contributed by atoms with Gasteiger partial charge in [0.25, 0.3) is 0 Å². The van der Waals surface area contributed by atoms with E-state index in [1.54, 1.807) is 0 Å². The summed E-state index contributed by atoms with van der Waals surface area (Å²) in [6, 6.07) is 7.13. The second-order valence-electron chi connectivity index (χ2n) is 4.04. The Balaban J connectivity index is 2.34. The highest BCUT2D eigenvalue weighted by Crippen LogP contribution is 2.37. The first kappa shape index (κ1) is 10.9. The van der Waals surface area contributed by atoms with Gasteiger partial charge in [-0.2, -0.15) is 0 Å². The first-order valence-corrected chi connectivity index (χ1v) is 5.59. The molecule has 0 aliphatic carbocycles. The van der Waals surface area contributed by atoms with Gasteiger partial charge in [-0.15, -0.1) is 0 Å². The Bertz CT molecular complexity index is 392. The van der Waals surface area contributed by atoms with Crippen LogP contribution in [0.5, 0.6) is 5.75 Å². The van der Waals surface area contributed by atoms with Gasteiger partial charge in [0.05, 0.1) is 12.5 Å². The Morgan fingerprint density at radius 3 is 3.00 bits per heavy atom. The summed E-state index contributed by atoms with van der Waals surface area (Å²) in [6.07, 6.45) is 1.29. The van der Waals surface area contributed by atoms with Crippen molar-refractivity contribution in [3.63, 3.8) is 0 Å². The third kappa shape index (κ3) is 1.87. The molecule has 0 unspecified atom stereocenters. The van der Waals surface area contributed by atoms with Gasteiger partial charge in [0, 0.05) is 16.9 Å². The molecule has 1 aliphatic rings. The van der Waals surface area contributed by atoms with Crippen molar-refractivity contribution in [2.24, 2.45) is 0 Å². The molecule has 4 heteroatoms. The molecule has 0 bridgehead atoms. The summed E-state index contributed by atoms with van der Waals surface area (Å²) in [7, 11) is 0. The molecule has 0 spiro atoms. The average Bonchev–Trinajstić information content (AvgIpc) is 2.30. The quantitative estimate of drug-likeness (QED) is 0.582. The number of hydrogen-bond acceptors (Lipinski definition) is 3. The van der Waals surface area contributed by atoms with Gasteiger partial charge in [-0.05, 0) is 12.5 Å². The topological polar surface area (TPSA) is 52.4 Å². The molecule has 1 heterocycles. The minimum atomic E-state index is -0.495. The second kappa shape index (κ2) is 4.51. The summed E-state index contributed by atoms with van der Waals surface area (Å²) in [6.45, 7) is 2.44. The van der Waals surface area contributed by atoms with Gasteiger partial charge in [0.1, 0.15) is 5.75 Å². The van der Waals surface area contributed by atoms with Gasteiger partial charge in [0.15, 0.2) is 0 Å². The maximum Gasteiger partial charge on any atom is 0.219 e. The molecule has 0 saturated carbocycles. The Hall–Kier alpha value is -1.58. The third-order valence-corrected chi connectivity index (χ3v) is 3.16. The van der Waals surface area contributed by atoms with Gasteiger partial charge in [-0.1, -0.05) is 25.1 Å². The van der Waals surface area contributed by atoms with E-state index in [0.29, 0.717) is 13.0 Å². The van der Waals surface area contributed by atoms with Crippen LogP contribution >= 0.6 is 0 Å². The fourth-order valence-electron chi connectivity index (χ4n) is 2.35. The molecule has 1 aromatic carbocycles. The van der Waals surface area contributed by atoms with Crippen LogP contribution in [0.4, 0.5) is 0 Å². The SMILES string of the molecule is CC[C@@H]([C@H]1CCOc2ccccc21)[N+](=O)[O-]. The highest BCUT2D eigenvalue weighted by atomic mass is 16.6. The lowest BCUT2D eigenvalue weighted by Crippen LogP contribution is -2.30. The molecule has 0 fully saturated rings. The van der Waals surface area contributed by atoms with Crippen molar-refractivity contribution in [1.82, 2.24) is 0 Å². The molecule has 86 valence electrons. The molecule has 1 aliphatic heterocycles. The maximum atomic E-state index is 11.0. The molecule has 0 radical (unpaired) electrons. The van der Waals surface area contributed by atoms with Crippen LogP contribution in [0.3, 0.4) is 0 Å². The molecule has 16 heavy (non-hydrogen) atoms. The number of hydrogen-bond donors (Lipinski definition) is 0. The number of benzene rings is 1. The fraction of sp³-hybridized carbons (Fsp3) is 0.500. The van der Waals surface area contributed by atoms with Crippen LogP contribution in [0.15, 0.2) is 24.3 Å². The Morgan fingerprint density at radius 1 is 1.56 bits per heavy atom. The largest absolute Gasteiger partial charge is 0.493 e. The second-order valence-corrected chi connectivity index (χ2v) is 4.04. The predicted molar refractivity (Wildman–Crippen MR) is 60.4 cm³/mol. The van der Waals surface area contributed by atoms with Crippen molar-refractivity contribution < 1.29 is 9.66 Å². The molecule has 0 amide bonds.